The smallest absolute Gasteiger partial charge is 0.250 e. The zero-order valence-corrected chi connectivity index (χ0v) is 5.32. The number of hydrogen-bond donors (Lipinski definition) is 2. The molecule has 0 saturated heterocycles. The Balaban J connectivity index is 2.76. The molecule has 4 heteroatoms. The predicted molar refractivity (Wildman–Crippen MR) is 34.9 cm³/mol. The van der Waals surface area contributed by atoms with Gasteiger partial charge in [0.05, 0.1) is 12.1 Å². The molecule has 0 bridgehead atoms. The Morgan fingerprint density at radius 3 is 2.90 bits per heavy atom. The Morgan fingerprint density at radius 1 is 1.80 bits per heavy atom. The van der Waals surface area contributed by atoms with Crippen molar-refractivity contribution < 1.29 is 10.0 Å². The second-order valence-electron chi connectivity index (χ2n) is 1.97. The van der Waals surface area contributed by atoms with Gasteiger partial charge < -0.3 is 5.73 Å². The summed E-state index contributed by atoms with van der Waals surface area (Å²) in [6.07, 6.45) is 4.53. The van der Waals surface area contributed by atoms with E-state index < -0.39 is 5.91 Å². The number of carbonyl (C=O) groups is 1. The molecule has 0 fully saturated rings. The van der Waals surface area contributed by atoms with E-state index >= 15 is 0 Å². The summed E-state index contributed by atoms with van der Waals surface area (Å²) >= 11 is 0. The van der Waals surface area contributed by atoms with Crippen molar-refractivity contribution in [2.45, 2.75) is 0 Å². The van der Waals surface area contributed by atoms with Crippen molar-refractivity contribution in [3.8, 4) is 0 Å². The molecule has 0 aromatic carbocycles. The van der Waals surface area contributed by atoms with E-state index in [-0.39, 0.29) is 0 Å². The van der Waals surface area contributed by atoms with Gasteiger partial charge in [-0.05, 0) is 0 Å². The number of hydroxylamine groups is 2. The summed E-state index contributed by atoms with van der Waals surface area (Å²) in [5.74, 6) is -0.532. The summed E-state index contributed by atoms with van der Waals surface area (Å²) in [4.78, 5) is 10.5. The van der Waals surface area contributed by atoms with Crippen LogP contribution in [0.15, 0.2) is 23.9 Å². The fraction of sp³-hybridized carbons (Fsp3) is 0.167. The quantitative estimate of drug-likeness (QED) is 0.521. The number of hydrogen-bond acceptors (Lipinski definition) is 3. The van der Waals surface area contributed by atoms with Crippen LogP contribution in [0.3, 0.4) is 0 Å². The fourth-order valence-corrected chi connectivity index (χ4v) is 0.690. The standard InChI is InChI=1S/C6H8N2O2/c7-6(9)5-2-1-3-8(10)4-5/h1-2,4,10H,3H2,(H2,7,9). The first-order valence-electron chi connectivity index (χ1n) is 2.84. The highest BCUT2D eigenvalue weighted by Crippen LogP contribution is 2.03. The van der Waals surface area contributed by atoms with Gasteiger partial charge in [-0.3, -0.25) is 15.1 Å². The number of amides is 1. The Morgan fingerprint density at radius 2 is 2.50 bits per heavy atom. The molecule has 1 heterocycles. The molecule has 0 aromatic heterocycles. The molecule has 3 N–H and O–H groups in total. The Kier molecular flexibility index (Phi) is 1.73. The average Bonchev–Trinajstić information content (AvgIpc) is 1.88. The highest BCUT2D eigenvalue weighted by molar-refractivity contribution is 5.94. The fourth-order valence-electron chi connectivity index (χ4n) is 0.690. The lowest BCUT2D eigenvalue weighted by Gasteiger charge is -2.13. The molecule has 54 valence electrons. The third kappa shape index (κ3) is 1.35. The second-order valence-corrected chi connectivity index (χ2v) is 1.97. The molecule has 1 rings (SSSR count). The lowest BCUT2D eigenvalue weighted by Crippen LogP contribution is -2.21. The number of primary amides is 1. The van der Waals surface area contributed by atoms with Gasteiger partial charge >= 0.3 is 0 Å². The van der Waals surface area contributed by atoms with E-state index in [0.29, 0.717) is 12.1 Å². The average molecular weight is 140 g/mol. The van der Waals surface area contributed by atoms with Gasteiger partial charge in [-0.25, -0.2) is 0 Å². The van der Waals surface area contributed by atoms with Crippen LogP contribution in [0.2, 0.25) is 0 Å². The molecule has 0 spiro atoms. The van der Waals surface area contributed by atoms with E-state index in [1.54, 1.807) is 12.2 Å². The van der Waals surface area contributed by atoms with E-state index in [2.05, 4.69) is 0 Å². The largest absolute Gasteiger partial charge is 0.366 e. The van der Waals surface area contributed by atoms with Crippen LogP contribution in [-0.2, 0) is 4.79 Å². The maximum Gasteiger partial charge on any atom is 0.250 e. The summed E-state index contributed by atoms with van der Waals surface area (Å²) in [6, 6.07) is 0. The van der Waals surface area contributed by atoms with Crippen LogP contribution in [0.5, 0.6) is 0 Å². The van der Waals surface area contributed by atoms with Crippen molar-refractivity contribution in [3.05, 3.63) is 23.9 Å². The Labute approximate surface area is 58.2 Å². The van der Waals surface area contributed by atoms with Crippen LogP contribution in [0, 0.1) is 0 Å². The van der Waals surface area contributed by atoms with E-state index in [4.69, 9.17) is 10.9 Å². The first-order chi connectivity index (χ1) is 4.70. The number of carbonyl (C=O) groups excluding carboxylic acids is 1. The number of rotatable bonds is 1. The van der Waals surface area contributed by atoms with Gasteiger partial charge in [0.1, 0.15) is 0 Å². The van der Waals surface area contributed by atoms with Crippen molar-refractivity contribution in [2.24, 2.45) is 5.73 Å². The zero-order valence-electron chi connectivity index (χ0n) is 5.32. The third-order valence-electron chi connectivity index (χ3n) is 1.16. The van der Waals surface area contributed by atoms with Crippen LogP contribution >= 0.6 is 0 Å². The van der Waals surface area contributed by atoms with Crippen LogP contribution < -0.4 is 5.73 Å². The van der Waals surface area contributed by atoms with Gasteiger partial charge in [-0.15, -0.1) is 0 Å². The van der Waals surface area contributed by atoms with E-state index in [0.717, 1.165) is 5.06 Å². The van der Waals surface area contributed by atoms with Gasteiger partial charge in [0.15, 0.2) is 0 Å². The van der Waals surface area contributed by atoms with Crippen LogP contribution in [0.25, 0.3) is 0 Å². The topological polar surface area (TPSA) is 66.6 Å². The molecular formula is C6H8N2O2. The molecule has 1 aliphatic heterocycles. The van der Waals surface area contributed by atoms with Gasteiger partial charge in [-0.2, -0.15) is 0 Å². The van der Waals surface area contributed by atoms with Crippen LogP contribution in [0.1, 0.15) is 0 Å². The molecular weight excluding hydrogens is 132 g/mol. The molecule has 0 atom stereocenters. The molecule has 10 heavy (non-hydrogen) atoms. The first-order valence-corrected chi connectivity index (χ1v) is 2.84. The minimum Gasteiger partial charge on any atom is -0.366 e. The van der Waals surface area contributed by atoms with Crippen LogP contribution in [0.4, 0.5) is 0 Å². The van der Waals surface area contributed by atoms with Gasteiger partial charge in [0, 0.05) is 6.20 Å². The highest BCUT2D eigenvalue weighted by Gasteiger charge is 2.05. The lowest BCUT2D eigenvalue weighted by atomic mass is 10.2. The summed E-state index contributed by atoms with van der Waals surface area (Å²) in [5.41, 5.74) is 5.25. The summed E-state index contributed by atoms with van der Waals surface area (Å²) in [7, 11) is 0. The molecule has 0 saturated carbocycles. The molecule has 4 nitrogen and oxygen atoms in total. The van der Waals surface area contributed by atoms with Crippen molar-refractivity contribution in [1.29, 1.82) is 0 Å². The number of nitrogens with zero attached hydrogens (tertiary/aromatic N) is 1. The maximum atomic E-state index is 10.5. The molecule has 1 aliphatic rings. The first kappa shape index (κ1) is 6.82. The SMILES string of the molecule is NC(=O)C1=CN(O)CC=C1. The minimum absolute atomic E-state index is 0.314. The molecule has 0 aromatic rings. The van der Waals surface area contributed by atoms with E-state index in [9.17, 15) is 4.79 Å². The lowest BCUT2D eigenvalue weighted by molar-refractivity contribution is -0.114. The minimum atomic E-state index is -0.532. The van der Waals surface area contributed by atoms with Gasteiger partial charge in [-0.1, -0.05) is 12.2 Å². The Bertz CT molecular complexity index is 208. The maximum absolute atomic E-state index is 10.5. The predicted octanol–water partition coefficient (Wildman–Crippen LogP) is -0.383. The summed E-state index contributed by atoms with van der Waals surface area (Å²) < 4.78 is 0. The number of nitrogens with two attached hydrogens (primary N) is 1. The van der Waals surface area contributed by atoms with Crippen molar-refractivity contribution in [1.82, 2.24) is 5.06 Å². The van der Waals surface area contributed by atoms with Crippen LogP contribution in [-0.4, -0.2) is 22.7 Å². The van der Waals surface area contributed by atoms with Gasteiger partial charge in [0.25, 0.3) is 0 Å². The molecule has 0 radical (unpaired) electrons. The second kappa shape index (κ2) is 2.53. The van der Waals surface area contributed by atoms with Gasteiger partial charge in [0.2, 0.25) is 5.91 Å². The van der Waals surface area contributed by atoms with Crippen molar-refractivity contribution >= 4 is 5.91 Å². The van der Waals surface area contributed by atoms with E-state index in [1.807, 2.05) is 0 Å². The molecule has 0 unspecified atom stereocenters. The van der Waals surface area contributed by atoms with Crippen molar-refractivity contribution in [3.63, 3.8) is 0 Å². The highest BCUT2D eigenvalue weighted by atomic mass is 16.5. The van der Waals surface area contributed by atoms with Crippen molar-refractivity contribution in [2.75, 3.05) is 6.54 Å². The summed E-state index contributed by atoms with van der Waals surface area (Å²) in [5, 5.41) is 9.73. The molecule has 1 amide bonds. The third-order valence-corrected chi connectivity index (χ3v) is 1.16. The van der Waals surface area contributed by atoms with E-state index in [1.165, 1.54) is 6.20 Å². The zero-order chi connectivity index (χ0) is 7.56. The molecule has 0 aliphatic carbocycles. The summed E-state index contributed by atoms with van der Waals surface area (Å²) in [6.45, 7) is 0.400. The Hall–Kier alpha value is -1.29. The monoisotopic (exact) mass is 140 g/mol. The normalized spacial score (nSPS) is 16.9.